The number of likely N-dealkylation sites (tertiary alicyclic amines) is 1. The molecular formula is C25H36N4O2. The monoisotopic (exact) mass is 424 g/mol. The van der Waals surface area contributed by atoms with Gasteiger partial charge in [-0.1, -0.05) is 30.3 Å². The van der Waals surface area contributed by atoms with E-state index in [0.29, 0.717) is 6.54 Å². The number of benzene rings is 2. The van der Waals surface area contributed by atoms with Crippen molar-refractivity contribution in [3.8, 4) is 11.5 Å². The van der Waals surface area contributed by atoms with Gasteiger partial charge in [0.05, 0.1) is 20.8 Å². The molecule has 0 radical (unpaired) electrons. The first kappa shape index (κ1) is 22.9. The Bertz CT molecular complexity index is 830. The average molecular weight is 425 g/mol. The topological polar surface area (TPSA) is 58.1 Å². The van der Waals surface area contributed by atoms with Gasteiger partial charge in [0.25, 0.3) is 0 Å². The molecule has 0 aromatic heterocycles. The van der Waals surface area contributed by atoms with Crippen LogP contribution in [-0.4, -0.2) is 51.3 Å². The highest BCUT2D eigenvalue weighted by Crippen LogP contribution is 2.27. The standard InChI is InChI=1S/C25H36N4O2/c1-4-26-25(27-14-13-20-11-12-23(30-2)24(17-20)31-3)28-18-21-7-9-22(10-8-21)19-29-15-5-6-16-29/h7-12,17H,4-6,13-16,18-19H2,1-3H3,(H2,26,27,28). The smallest absolute Gasteiger partial charge is 0.191 e. The molecule has 3 rings (SSSR count). The minimum atomic E-state index is 0.662. The molecule has 0 aliphatic carbocycles. The molecule has 2 aromatic rings. The maximum atomic E-state index is 5.39. The summed E-state index contributed by atoms with van der Waals surface area (Å²) < 4.78 is 10.7. The number of aliphatic imine (C=N–C) groups is 1. The third kappa shape index (κ3) is 7.17. The molecular weight excluding hydrogens is 388 g/mol. The summed E-state index contributed by atoms with van der Waals surface area (Å²) >= 11 is 0. The van der Waals surface area contributed by atoms with E-state index in [4.69, 9.17) is 14.5 Å². The van der Waals surface area contributed by atoms with Crippen molar-refractivity contribution in [2.75, 3.05) is 40.4 Å². The van der Waals surface area contributed by atoms with Gasteiger partial charge < -0.3 is 20.1 Å². The molecule has 2 aromatic carbocycles. The van der Waals surface area contributed by atoms with Gasteiger partial charge >= 0.3 is 0 Å². The van der Waals surface area contributed by atoms with Crippen LogP contribution >= 0.6 is 0 Å². The molecule has 0 saturated carbocycles. The first-order valence-electron chi connectivity index (χ1n) is 11.2. The molecule has 1 saturated heterocycles. The average Bonchev–Trinajstić information content (AvgIpc) is 3.31. The first-order valence-corrected chi connectivity index (χ1v) is 11.2. The molecule has 0 spiro atoms. The lowest BCUT2D eigenvalue weighted by atomic mass is 10.1. The summed E-state index contributed by atoms with van der Waals surface area (Å²) in [6.45, 7) is 7.88. The van der Waals surface area contributed by atoms with Gasteiger partial charge in [-0.2, -0.15) is 0 Å². The molecule has 0 unspecified atom stereocenters. The minimum Gasteiger partial charge on any atom is -0.493 e. The van der Waals surface area contributed by atoms with Gasteiger partial charge in [0.2, 0.25) is 0 Å². The van der Waals surface area contributed by atoms with Gasteiger partial charge in [-0.15, -0.1) is 0 Å². The van der Waals surface area contributed by atoms with Crippen LogP contribution in [0.4, 0.5) is 0 Å². The van der Waals surface area contributed by atoms with Crippen molar-refractivity contribution >= 4 is 5.96 Å². The van der Waals surface area contributed by atoms with E-state index in [2.05, 4.69) is 52.8 Å². The van der Waals surface area contributed by atoms with Crippen LogP contribution in [0.5, 0.6) is 11.5 Å². The fourth-order valence-corrected chi connectivity index (χ4v) is 3.82. The molecule has 2 N–H and O–H groups in total. The van der Waals surface area contributed by atoms with Crippen LogP contribution in [0.25, 0.3) is 0 Å². The van der Waals surface area contributed by atoms with E-state index in [0.717, 1.165) is 43.5 Å². The van der Waals surface area contributed by atoms with E-state index < -0.39 is 0 Å². The summed E-state index contributed by atoms with van der Waals surface area (Å²) in [6, 6.07) is 14.9. The molecule has 1 fully saturated rings. The molecule has 31 heavy (non-hydrogen) atoms. The Morgan fingerprint density at radius 3 is 2.26 bits per heavy atom. The van der Waals surface area contributed by atoms with E-state index in [1.165, 1.54) is 42.6 Å². The number of guanidine groups is 1. The molecule has 1 aliphatic rings. The molecule has 6 heteroatoms. The molecule has 0 amide bonds. The fraction of sp³-hybridized carbons (Fsp3) is 0.480. The quantitative estimate of drug-likeness (QED) is 0.451. The van der Waals surface area contributed by atoms with Gasteiger partial charge in [-0.25, -0.2) is 4.99 Å². The number of ether oxygens (including phenoxy) is 2. The second-order valence-electron chi connectivity index (χ2n) is 7.86. The van der Waals surface area contributed by atoms with Crippen molar-refractivity contribution in [2.45, 2.75) is 39.3 Å². The summed E-state index contributed by atoms with van der Waals surface area (Å²) in [5.41, 5.74) is 3.80. The summed E-state index contributed by atoms with van der Waals surface area (Å²) in [4.78, 5) is 7.27. The number of rotatable bonds is 10. The van der Waals surface area contributed by atoms with E-state index >= 15 is 0 Å². The van der Waals surface area contributed by atoms with Crippen LogP contribution in [0.2, 0.25) is 0 Å². The van der Waals surface area contributed by atoms with E-state index in [1.807, 2.05) is 12.1 Å². The highest BCUT2D eigenvalue weighted by molar-refractivity contribution is 5.79. The fourth-order valence-electron chi connectivity index (χ4n) is 3.82. The highest BCUT2D eigenvalue weighted by atomic mass is 16.5. The molecule has 168 valence electrons. The number of methoxy groups -OCH3 is 2. The van der Waals surface area contributed by atoms with Crippen molar-refractivity contribution in [1.82, 2.24) is 15.5 Å². The highest BCUT2D eigenvalue weighted by Gasteiger charge is 2.11. The largest absolute Gasteiger partial charge is 0.493 e. The molecule has 0 bridgehead atoms. The Hall–Kier alpha value is -2.73. The van der Waals surface area contributed by atoms with Crippen molar-refractivity contribution in [3.63, 3.8) is 0 Å². The summed E-state index contributed by atoms with van der Waals surface area (Å²) in [5, 5.41) is 6.75. The molecule has 6 nitrogen and oxygen atoms in total. The summed E-state index contributed by atoms with van der Waals surface area (Å²) in [5.74, 6) is 2.35. The molecule has 0 atom stereocenters. The van der Waals surface area contributed by atoms with E-state index in [9.17, 15) is 0 Å². The van der Waals surface area contributed by atoms with Crippen LogP contribution in [0.1, 0.15) is 36.5 Å². The lowest BCUT2D eigenvalue weighted by molar-refractivity contribution is 0.331. The predicted molar refractivity (Wildman–Crippen MR) is 127 cm³/mol. The minimum absolute atomic E-state index is 0.662. The Morgan fingerprint density at radius 1 is 0.903 bits per heavy atom. The summed E-state index contributed by atoms with van der Waals surface area (Å²) in [7, 11) is 3.31. The van der Waals surface area contributed by atoms with Crippen molar-refractivity contribution in [1.29, 1.82) is 0 Å². The van der Waals surface area contributed by atoms with Gasteiger partial charge in [0, 0.05) is 19.6 Å². The van der Waals surface area contributed by atoms with Crippen molar-refractivity contribution in [2.24, 2.45) is 4.99 Å². The normalized spacial score (nSPS) is 14.5. The van der Waals surface area contributed by atoms with Crippen LogP contribution in [-0.2, 0) is 19.5 Å². The Labute approximate surface area is 186 Å². The Morgan fingerprint density at radius 2 is 1.58 bits per heavy atom. The maximum absolute atomic E-state index is 5.39. The van der Waals surface area contributed by atoms with Crippen LogP contribution < -0.4 is 20.1 Å². The van der Waals surface area contributed by atoms with Gasteiger partial charge in [-0.3, -0.25) is 4.90 Å². The van der Waals surface area contributed by atoms with E-state index in [-0.39, 0.29) is 0 Å². The third-order valence-corrected chi connectivity index (χ3v) is 5.55. The van der Waals surface area contributed by atoms with Crippen LogP contribution in [0.15, 0.2) is 47.5 Å². The zero-order valence-corrected chi connectivity index (χ0v) is 19.1. The Kier molecular flexibility index (Phi) is 9.03. The molecule has 1 aliphatic heterocycles. The maximum Gasteiger partial charge on any atom is 0.191 e. The number of nitrogens with zero attached hydrogens (tertiary/aromatic N) is 2. The third-order valence-electron chi connectivity index (χ3n) is 5.55. The Balaban J connectivity index is 1.50. The van der Waals surface area contributed by atoms with Crippen molar-refractivity contribution < 1.29 is 9.47 Å². The lowest BCUT2D eigenvalue weighted by Crippen LogP contribution is -2.38. The van der Waals surface area contributed by atoms with E-state index in [1.54, 1.807) is 14.2 Å². The second kappa shape index (κ2) is 12.2. The predicted octanol–water partition coefficient (Wildman–Crippen LogP) is 3.60. The SMILES string of the molecule is CCNC(=NCc1ccc(CN2CCCC2)cc1)NCCc1ccc(OC)c(OC)c1. The zero-order chi connectivity index (χ0) is 21.9. The second-order valence-corrected chi connectivity index (χ2v) is 7.86. The number of hydrogen-bond donors (Lipinski definition) is 2. The van der Waals surface area contributed by atoms with Gasteiger partial charge in [-0.05, 0) is 68.1 Å². The van der Waals surface area contributed by atoms with Crippen LogP contribution in [0.3, 0.4) is 0 Å². The first-order chi connectivity index (χ1) is 15.2. The number of nitrogens with one attached hydrogen (secondary N) is 2. The van der Waals surface area contributed by atoms with Gasteiger partial charge in [0.1, 0.15) is 0 Å². The zero-order valence-electron chi connectivity index (χ0n) is 19.1. The molecule has 1 heterocycles. The summed E-state index contributed by atoms with van der Waals surface area (Å²) in [6.07, 6.45) is 3.54. The van der Waals surface area contributed by atoms with Crippen LogP contribution in [0, 0.1) is 0 Å². The number of hydrogen-bond acceptors (Lipinski definition) is 4. The van der Waals surface area contributed by atoms with Gasteiger partial charge in [0.15, 0.2) is 17.5 Å². The van der Waals surface area contributed by atoms with Crippen molar-refractivity contribution in [3.05, 3.63) is 59.2 Å². The lowest BCUT2D eigenvalue weighted by Gasteiger charge is -2.15.